The number of aliphatic imine (C=N–C) groups is 1. The first-order valence-electron chi connectivity index (χ1n) is 12.7. The number of allylic oxidation sites excluding steroid dienone is 1. The fraction of sp³-hybridized carbons (Fsp3) is 0.370. The number of ether oxygens (including phenoxy) is 1. The van der Waals surface area contributed by atoms with Gasteiger partial charge in [-0.25, -0.2) is 28.3 Å². The number of amidine groups is 1. The maximum absolute atomic E-state index is 14.6. The number of aryl methyl sites for hydroxylation is 1. The molecule has 0 bridgehead atoms. The van der Waals surface area contributed by atoms with Gasteiger partial charge in [-0.2, -0.15) is 0 Å². The average molecular weight is 591 g/mol. The van der Waals surface area contributed by atoms with Crippen LogP contribution in [0.1, 0.15) is 77.3 Å². The molecular formula is C27H25ClF2N4O5S. The van der Waals surface area contributed by atoms with Gasteiger partial charge >= 0.3 is 11.9 Å². The molecule has 1 aromatic carbocycles. The minimum absolute atomic E-state index is 0.0955. The number of halogens is 3. The first kappa shape index (κ1) is 27.9. The van der Waals surface area contributed by atoms with E-state index in [4.69, 9.17) is 20.8 Å². The summed E-state index contributed by atoms with van der Waals surface area (Å²) in [4.78, 5) is 38.0. The first-order chi connectivity index (χ1) is 19.2. The van der Waals surface area contributed by atoms with E-state index in [1.165, 1.54) is 17.4 Å². The summed E-state index contributed by atoms with van der Waals surface area (Å²) in [6.07, 6.45) is 4.05. The number of carbonyl (C=O) groups is 2. The molecule has 3 aromatic rings. The van der Waals surface area contributed by atoms with Crippen molar-refractivity contribution in [3.63, 3.8) is 0 Å². The standard InChI is InChI=1S/C27H25ClF2N4O5S/c1-3-38-27(37)17-21(13-4-6-14(7-5-13)24-34-20(26(35)36)12(2)39-24)32-23(25-31-10-11-40-25)33-22(17)15-8-9-16(29)19(30)18(15)28/h8-11,13-14,22H,3-7H2,1-2H3,(H,32,33)(H,35,36)/t13-,14-,22?. The van der Waals surface area contributed by atoms with Gasteiger partial charge < -0.3 is 19.6 Å². The quantitative estimate of drug-likeness (QED) is 0.255. The van der Waals surface area contributed by atoms with Gasteiger partial charge in [0.2, 0.25) is 0 Å². The van der Waals surface area contributed by atoms with Crippen molar-refractivity contribution < 1.29 is 32.6 Å². The summed E-state index contributed by atoms with van der Waals surface area (Å²) < 4.78 is 39.6. The summed E-state index contributed by atoms with van der Waals surface area (Å²) in [5.41, 5.74) is 0.743. The highest BCUT2D eigenvalue weighted by molar-refractivity contribution is 7.11. The van der Waals surface area contributed by atoms with Crippen LogP contribution >= 0.6 is 22.9 Å². The summed E-state index contributed by atoms with van der Waals surface area (Å²) in [6, 6.07) is 1.20. The van der Waals surface area contributed by atoms with Crippen LogP contribution in [-0.2, 0) is 9.53 Å². The number of thiazole rings is 1. The third kappa shape index (κ3) is 5.25. The van der Waals surface area contributed by atoms with Gasteiger partial charge in [-0.3, -0.25) is 4.99 Å². The number of carboxylic acids is 1. The Labute approximate surface area is 237 Å². The lowest BCUT2D eigenvalue weighted by Gasteiger charge is -2.34. The van der Waals surface area contributed by atoms with Crippen molar-refractivity contribution in [3.05, 3.63) is 79.6 Å². The number of rotatable bonds is 7. The van der Waals surface area contributed by atoms with Gasteiger partial charge in [-0.1, -0.05) is 17.7 Å². The molecule has 1 fully saturated rings. The van der Waals surface area contributed by atoms with Gasteiger partial charge in [0.05, 0.1) is 17.2 Å². The first-order valence-corrected chi connectivity index (χ1v) is 13.9. The van der Waals surface area contributed by atoms with E-state index in [9.17, 15) is 23.5 Å². The monoisotopic (exact) mass is 590 g/mol. The number of aromatic nitrogens is 2. The van der Waals surface area contributed by atoms with Gasteiger partial charge in [0.25, 0.3) is 0 Å². The zero-order chi connectivity index (χ0) is 28.6. The SMILES string of the molecule is CCOC(=O)C1=C([C@H]2CC[C@H](c3nc(C(=O)O)c(C)o3)CC2)NC(c2nccs2)=NC1c1ccc(F)c(F)c1Cl. The number of hydrogen-bond acceptors (Lipinski definition) is 9. The molecule has 5 rings (SSSR count). The lowest BCUT2D eigenvalue weighted by molar-refractivity contribution is -0.139. The zero-order valence-electron chi connectivity index (χ0n) is 21.5. The highest BCUT2D eigenvalue weighted by atomic mass is 35.5. The summed E-state index contributed by atoms with van der Waals surface area (Å²) in [5, 5.41) is 14.5. The molecule has 1 aliphatic carbocycles. The molecule has 1 atom stereocenters. The molecule has 0 spiro atoms. The Balaban J connectivity index is 1.54. The Hall–Kier alpha value is -3.64. The summed E-state index contributed by atoms with van der Waals surface area (Å²) in [5.74, 6) is -3.38. The normalized spacial score (nSPS) is 21.1. The number of carboxylic acid groups (broad SMARTS) is 1. The van der Waals surface area contributed by atoms with Crippen molar-refractivity contribution in [1.29, 1.82) is 0 Å². The number of nitrogens with one attached hydrogen (secondary N) is 1. The van der Waals surface area contributed by atoms with Crippen molar-refractivity contribution in [2.75, 3.05) is 6.61 Å². The molecule has 1 saturated carbocycles. The van der Waals surface area contributed by atoms with Crippen LogP contribution in [0.3, 0.4) is 0 Å². The summed E-state index contributed by atoms with van der Waals surface area (Å²) >= 11 is 7.59. The molecule has 0 amide bonds. The van der Waals surface area contributed by atoms with E-state index < -0.39 is 34.6 Å². The van der Waals surface area contributed by atoms with Gasteiger partial charge in [0, 0.05) is 28.8 Å². The van der Waals surface area contributed by atoms with Crippen LogP contribution in [0.15, 0.2) is 44.4 Å². The van der Waals surface area contributed by atoms with Gasteiger partial charge in [0.15, 0.2) is 34.1 Å². The number of carbonyl (C=O) groups excluding carboxylic acids is 1. The van der Waals surface area contributed by atoms with Crippen LogP contribution in [0, 0.1) is 24.5 Å². The van der Waals surface area contributed by atoms with Crippen molar-refractivity contribution >= 4 is 40.7 Å². The number of esters is 1. The Bertz CT molecular complexity index is 1510. The Morgan fingerprint density at radius 1 is 1.23 bits per heavy atom. The summed E-state index contributed by atoms with van der Waals surface area (Å²) in [6.45, 7) is 3.34. The van der Waals surface area contributed by atoms with E-state index in [2.05, 4.69) is 20.3 Å². The molecule has 2 aromatic heterocycles. The van der Waals surface area contributed by atoms with Crippen molar-refractivity contribution in [1.82, 2.24) is 15.3 Å². The van der Waals surface area contributed by atoms with Crippen LogP contribution in [-0.4, -0.2) is 39.5 Å². The maximum Gasteiger partial charge on any atom is 0.358 e. The van der Waals surface area contributed by atoms with Gasteiger partial charge in [0.1, 0.15) is 11.8 Å². The molecule has 0 radical (unpaired) electrons. The second-order valence-electron chi connectivity index (χ2n) is 9.47. The number of aromatic carboxylic acids is 1. The number of benzene rings is 1. The average Bonchev–Trinajstić information content (AvgIpc) is 3.62. The lowest BCUT2D eigenvalue weighted by atomic mass is 9.78. The molecule has 2 N–H and O–H groups in total. The number of hydrogen-bond donors (Lipinski definition) is 2. The van der Waals surface area contributed by atoms with Crippen molar-refractivity contribution in [3.8, 4) is 0 Å². The van der Waals surface area contributed by atoms with E-state index in [1.807, 2.05) is 0 Å². The minimum atomic E-state index is -1.23. The fourth-order valence-electron chi connectivity index (χ4n) is 5.17. The minimum Gasteiger partial charge on any atom is -0.476 e. The molecule has 2 aliphatic rings. The van der Waals surface area contributed by atoms with Crippen LogP contribution in [0.2, 0.25) is 5.02 Å². The number of oxazole rings is 1. The zero-order valence-corrected chi connectivity index (χ0v) is 23.1. The fourth-order valence-corrected chi connectivity index (χ4v) is 6.01. The van der Waals surface area contributed by atoms with Crippen molar-refractivity contribution in [2.45, 2.75) is 51.5 Å². The molecule has 0 saturated heterocycles. The molecule has 1 unspecified atom stereocenters. The van der Waals surface area contributed by atoms with Crippen molar-refractivity contribution in [2.24, 2.45) is 10.9 Å². The molecule has 40 heavy (non-hydrogen) atoms. The highest BCUT2D eigenvalue weighted by Gasteiger charge is 2.39. The molecule has 1 aliphatic heterocycles. The smallest absolute Gasteiger partial charge is 0.358 e. The Morgan fingerprint density at radius 3 is 2.58 bits per heavy atom. The highest BCUT2D eigenvalue weighted by Crippen LogP contribution is 2.44. The topological polar surface area (TPSA) is 127 Å². The molecule has 210 valence electrons. The predicted octanol–water partition coefficient (Wildman–Crippen LogP) is 5.95. The second kappa shape index (κ2) is 11.5. The third-order valence-electron chi connectivity index (χ3n) is 7.07. The van der Waals surface area contributed by atoms with Crippen LogP contribution < -0.4 is 5.32 Å². The summed E-state index contributed by atoms with van der Waals surface area (Å²) in [7, 11) is 0. The second-order valence-corrected chi connectivity index (χ2v) is 10.7. The van der Waals surface area contributed by atoms with E-state index in [0.717, 1.165) is 6.07 Å². The maximum atomic E-state index is 14.6. The van der Waals surface area contributed by atoms with E-state index in [-0.39, 0.29) is 41.0 Å². The predicted molar refractivity (Wildman–Crippen MR) is 142 cm³/mol. The molecule has 9 nitrogen and oxygen atoms in total. The van der Waals surface area contributed by atoms with Gasteiger partial charge in [-0.05, 0) is 51.5 Å². The largest absolute Gasteiger partial charge is 0.476 e. The van der Waals surface area contributed by atoms with E-state index in [0.29, 0.717) is 48.1 Å². The lowest BCUT2D eigenvalue weighted by Crippen LogP contribution is -2.38. The van der Waals surface area contributed by atoms with Crippen LogP contribution in [0.4, 0.5) is 8.78 Å². The Kier molecular flexibility index (Phi) is 7.99. The molecular weight excluding hydrogens is 566 g/mol. The number of nitrogens with zero attached hydrogens (tertiary/aromatic N) is 3. The van der Waals surface area contributed by atoms with Gasteiger partial charge in [-0.15, -0.1) is 11.3 Å². The Morgan fingerprint density at radius 2 is 1.95 bits per heavy atom. The van der Waals surface area contributed by atoms with Crippen LogP contribution in [0.5, 0.6) is 0 Å². The molecule has 3 heterocycles. The molecule has 13 heteroatoms. The van der Waals surface area contributed by atoms with E-state index in [1.54, 1.807) is 25.4 Å². The van der Waals surface area contributed by atoms with E-state index >= 15 is 0 Å². The van der Waals surface area contributed by atoms with Crippen LogP contribution in [0.25, 0.3) is 0 Å². The third-order valence-corrected chi connectivity index (χ3v) is 8.23.